The number of carbonyl (C=O) groups excluding carboxylic acids is 1. The van der Waals surface area contributed by atoms with Gasteiger partial charge >= 0.3 is 0 Å². The number of hydrogen-bond acceptors (Lipinski definition) is 7. The average Bonchev–Trinajstić information content (AvgIpc) is 3.35. The molecule has 1 aromatic carbocycles. The maximum absolute atomic E-state index is 12.7. The summed E-state index contributed by atoms with van der Waals surface area (Å²) in [6.07, 6.45) is 5.91. The third-order valence-corrected chi connectivity index (χ3v) is 5.11. The first-order valence-corrected chi connectivity index (χ1v) is 10.6. The van der Waals surface area contributed by atoms with Gasteiger partial charge in [0.25, 0.3) is 5.91 Å². The summed E-state index contributed by atoms with van der Waals surface area (Å²) in [5.74, 6) is 1.04. The molecule has 0 bridgehead atoms. The number of pyridine rings is 2. The number of nitrogens with zero attached hydrogens (tertiary/aromatic N) is 4. The minimum atomic E-state index is -0.138. The number of methoxy groups -OCH3 is 1. The summed E-state index contributed by atoms with van der Waals surface area (Å²) in [6.45, 7) is 3.02. The number of rotatable bonds is 9. The van der Waals surface area contributed by atoms with Gasteiger partial charge in [-0.3, -0.25) is 4.79 Å². The molecule has 0 saturated heterocycles. The summed E-state index contributed by atoms with van der Waals surface area (Å²) < 4.78 is 11.3. The molecule has 0 fully saturated rings. The molecule has 1 N–H and O–H groups in total. The zero-order valence-electron chi connectivity index (χ0n) is 18.2. The molecule has 8 nitrogen and oxygen atoms in total. The zero-order chi connectivity index (χ0) is 22.3. The highest BCUT2D eigenvalue weighted by Crippen LogP contribution is 2.33. The molecule has 0 unspecified atom stereocenters. The van der Waals surface area contributed by atoms with Crippen LogP contribution in [0.5, 0.6) is 11.6 Å². The molecule has 164 valence electrons. The van der Waals surface area contributed by atoms with E-state index in [1.165, 1.54) is 0 Å². The highest BCUT2D eigenvalue weighted by molar-refractivity contribution is 6.00. The summed E-state index contributed by atoms with van der Waals surface area (Å²) in [5.41, 5.74) is 3.69. The number of amides is 1. The van der Waals surface area contributed by atoms with E-state index in [2.05, 4.69) is 20.5 Å². The molecular weight excluding hydrogens is 406 g/mol. The van der Waals surface area contributed by atoms with E-state index in [1.54, 1.807) is 31.7 Å². The Morgan fingerprint density at radius 1 is 1.22 bits per heavy atom. The van der Waals surface area contributed by atoms with Crippen molar-refractivity contribution in [3.05, 3.63) is 48.2 Å². The van der Waals surface area contributed by atoms with Gasteiger partial charge in [-0.2, -0.15) is 10.2 Å². The smallest absolute Gasteiger partial charge is 0.251 e. The Kier molecular flexibility index (Phi) is 6.69. The Balaban J connectivity index is 1.58. The van der Waals surface area contributed by atoms with Crippen molar-refractivity contribution in [3.63, 3.8) is 0 Å². The van der Waals surface area contributed by atoms with Gasteiger partial charge in [-0.1, -0.05) is 0 Å². The number of nitrogens with one attached hydrogen (secondary N) is 1. The Hall–Kier alpha value is -3.81. The number of aromatic nitrogens is 2. The van der Waals surface area contributed by atoms with E-state index < -0.39 is 0 Å². The minimum Gasteiger partial charge on any atom is -0.493 e. The van der Waals surface area contributed by atoms with E-state index in [0.717, 1.165) is 35.9 Å². The molecule has 0 atom stereocenters. The van der Waals surface area contributed by atoms with Crippen molar-refractivity contribution in [1.29, 1.82) is 0 Å². The summed E-state index contributed by atoms with van der Waals surface area (Å²) in [6, 6.07) is 11.1. The van der Waals surface area contributed by atoms with Gasteiger partial charge in [0.15, 0.2) is 0 Å². The first-order valence-electron chi connectivity index (χ1n) is 10.6. The van der Waals surface area contributed by atoms with Crippen LogP contribution in [-0.4, -0.2) is 48.1 Å². The molecule has 32 heavy (non-hydrogen) atoms. The van der Waals surface area contributed by atoms with Crippen LogP contribution in [0.1, 0.15) is 36.5 Å². The van der Waals surface area contributed by atoms with Crippen LogP contribution < -0.4 is 14.8 Å². The largest absolute Gasteiger partial charge is 0.493 e. The first-order chi connectivity index (χ1) is 15.7. The minimum absolute atomic E-state index is 0.138. The summed E-state index contributed by atoms with van der Waals surface area (Å²) in [7, 11) is 1.57. The molecule has 3 heterocycles. The second-order valence-corrected chi connectivity index (χ2v) is 7.26. The highest BCUT2D eigenvalue weighted by atomic mass is 16.5. The maximum atomic E-state index is 12.7. The predicted octanol–water partition coefficient (Wildman–Crippen LogP) is 4.04. The lowest BCUT2D eigenvalue weighted by Crippen LogP contribution is -2.24. The van der Waals surface area contributed by atoms with E-state index in [-0.39, 0.29) is 5.91 Å². The van der Waals surface area contributed by atoms with E-state index in [9.17, 15) is 4.79 Å². The van der Waals surface area contributed by atoms with Crippen molar-refractivity contribution in [2.75, 3.05) is 20.3 Å². The summed E-state index contributed by atoms with van der Waals surface area (Å²) in [5, 5.41) is 11.7. The molecule has 0 radical (unpaired) electrons. The molecule has 0 spiro atoms. The molecule has 4 rings (SSSR count). The third kappa shape index (κ3) is 4.74. The van der Waals surface area contributed by atoms with Crippen molar-refractivity contribution in [3.8, 4) is 22.9 Å². The van der Waals surface area contributed by atoms with Gasteiger partial charge in [-0.05, 0) is 50.1 Å². The molecular formula is C24H25N5O3. The van der Waals surface area contributed by atoms with Crippen molar-refractivity contribution in [2.24, 2.45) is 10.2 Å². The van der Waals surface area contributed by atoms with Crippen LogP contribution in [0, 0.1) is 0 Å². The van der Waals surface area contributed by atoms with Gasteiger partial charge in [0.1, 0.15) is 5.75 Å². The fourth-order valence-corrected chi connectivity index (χ4v) is 3.56. The van der Waals surface area contributed by atoms with Crippen LogP contribution >= 0.6 is 0 Å². The molecule has 1 amide bonds. The van der Waals surface area contributed by atoms with Crippen molar-refractivity contribution < 1.29 is 14.3 Å². The van der Waals surface area contributed by atoms with Gasteiger partial charge in [0, 0.05) is 48.1 Å². The first kappa shape index (κ1) is 21.4. The van der Waals surface area contributed by atoms with Gasteiger partial charge in [0.2, 0.25) is 5.88 Å². The van der Waals surface area contributed by atoms with E-state index in [1.807, 2.05) is 31.2 Å². The van der Waals surface area contributed by atoms with Crippen LogP contribution in [0.3, 0.4) is 0 Å². The monoisotopic (exact) mass is 431 g/mol. The predicted molar refractivity (Wildman–Crippen MR) is 125 cm³/mol. The maximum Gasteiger partial charge on any atom is 0.251 e. The molecule has 0 saturated carbocycles. The third-order valence-electron chi connectivity index (χ3n) is 5.11. The normalized spacial score (nSPS) is 12.6. The van der Waals surface area contributed by atoms with Crippen molar-refractivity contribution >= 4 is 28.7 Å². The highest BCUT2D eigenvalue weighted by Gasteiger charge is 2.15. The summed E-state index contributed by atoms with van der Waals surface area (Å²) in [4.78, 5) is 21.7. The molecule has 2 aromatic heterocycles. The van der Waals surface area contributed by atoms with Gasteiger partial charge in [-0.15, -0.1) is 0 Å². The second kappa shape index (κ2) is 10.00. The van der Waals surface area contributed by atoms with Crippen LogP contribution in [0.2, 0.25) is 0 Å². The van der Waals surface area contributed by atoms with Crippen LogP contribution in [-0.2, 0) is 0 Å². The fourth-order valence-electron chi connectivity index (χ4n) is 3.56. The second-order valence-electron chi connectivity index (χ2n) is 7.26. The SMILES string of the molecule is CCOc1cc(-c2cccnc2OC)nc2cc(C(=O)NCCCC3=NN=CC3)ccc12. The number of fused-ring (bicyclic) bond motifs is 1. The summed E-state index contributed by atoms with van der Waals surface area (Å²) >= 11 is 0. The van der Waals surface area contributed by atoms with Crippen molar-refractivity contribution in [1.82, 2.24) is 15.3 Å². The zero-order valence-corrected chi connectivity index (χ0v) is 18.2. The lowest BCUT2D eigenvalue weighted by Gasteiger charge is -2.13. The number of benzene rings is 1. The topological polar surface area (TPSA) is 98.1 Å². The Morgan fingerprint density at radius 3 is 2.91 bits per heavy atom. The quantitative estimate of drug-likeness (QED) is 0.516. The lowest BCUT2D eigenvalue weighted by atomic mass is 10.1. The van der Waals surface area contributed by atoms with Gasteiger partial charge in [0.05, 0.1) is 30.5 Å². The van der Waals surface area contributed by atoms with E-state index in [4.69, 9.17) is 14.5 Å². The molecule has 1 aliphatic rings. The van der Waals surface area contributed by atoms with E-state index >= 15 is 0 Å². The number of carbonyl (C=O) groups is 1. The van der Waals surface area contributed by atoms with Crippen LogP contribution in [0.4, 0.5) is 0 Å². The standard InChI is InChI=1S/C24H25N5O3/c1-3-32-22-15-21(19-7-5-12-26-24(19)31-2)28-20-14-16(8-9-18(20)22)23(30)25-11-4-6-17-10-13-27-29-17/h5,7-9,12-15H,3-4,6,10-11H2,1-2H3,(H,25,30). The average molecular weight is 431 g/mol. The Morgan fingerprint density at radius 2 is 2.12 bits per heavy atom. The van der Waals surface area contributed by atoms with Crippen LogP contribution in [0.15, 0.2) is 52.8 Å². The van der Waals surface area contributed by atoms with Crippen LogP contribution in [0.25, 0.3) is 22.2 Å². The molecule has 8 heteroatoms. The van der Waals surface area contributed by atoms with Gasteiger partial charge < -0.3 is 14.8 Å². The molecule has 3 aromatic rings. The number of ether oxygens (including phenoxy) is 2. The van der Waals surface area contributed by atoms with Gasteiger partial charge in [-0.25, -0.2) is 9.97 Å². The Bertz CT molecular complexity index is 1190. The Labute approximate surface area is 186 Å². The van der Waals surface area contributed by atoms with Crippen molar-refractivity contribution in [2.45, 2.75) is 26.2 Å². The number of hydrogen-bond donors (Lipinski definition) is 1. The van der Waals surface area contributed by atoms with E-state index in [0.29, 0.717) is 41.6 Å². The molecule has 0 aliphatic carbocycles. The lowest BCUT2D eigenvalue weighted by molar-refractivity contribution is 0.0953. The fraction of sp³-hybridized carbons (Fsp3) is 0.292. The molecule has 1 aliphatic heterocycles.